The van der Waals surface area contributed by atoms with Crippen molar-refractivity contribution in [1.29, 1.82) is 0 Å². The molecule has 1 aromatic rings. The minimum Gasteiger partial charge on any atom is -0.102 e. The van der Waals surface area contributed by atoms with Gasteiger partial charge in [-0.15, -0.1) is 6.58 Å². The molecule has 1 atom stereocenters. The van der Waals surface area contributed by atoms with Gasteiger partial charge >= 0.3 is 0 Å². The van der Waals surface area contributed by atoms with E-state index in [0.29, 0.717) is 0 Å². The van der Waals surface area contributed by atoms with Gasteiger partial charge in [-0.05, 0) is 18.1 Å². The Labute approximate surface area is 88.8 Å². The Bertz CT molecular complexity index is 304. The number of rotatable bonds is 3. The Morgan fingerprint density at radius 2 is 2.08 bits per heavy atom. The van der Waals surface area contributed by atoms with Gasteiger partial charge in [0.1, 0.15) is 0 Å². The molecule has 0 saturated carbocycles. The summed E-state index contributed by atoms with van der Waals surface area (Å²) in [5.41, 5.74) is 1.40. The third kappa shape index (κ3) is 2.02. The molecule has 0 aliphatic heterocycles. The van der Waals surface area contributed by atoms with Crippen LogP contribution in [-0.2, 0) is 5.41 Å². The molecule has 0 spiro atoms. The second kappa shape index (κ2) is 4.10. The third-order valence-corrected chi connectivity index (χ3v) is 3.37. The molecule has 0 heterocycles. The van der Waals surface area contributed by atoms with E-state index in [1.165, 1.54) is 10.0 Å². The Hall–Kier alpha value is -0.560. The Morgan fingerprint density at radius 1 is 1.46 bits per heavy atom. The zero-order valence-electron chi connectivity index (χ0n) is 8.18. The largest absolute Gasteiger partial charge is 0.102 e. The van der Waals surface area contributed by atoms with E-state index in [9.17, 15) is 0 Å². The average Bonchev–Trinajstić information content (AvgIpc) is 2.17. The van der Waals surface area contributed by atoms with Crippen LogP contribution in [0.3, 0.4) is 0 Å². The van der Waals surface area contributed by atoms with Crippen molar-refractivity contribution in [2.75, 3.05) is 0 Å². The van der Waals surface area contributed by atoms with Gasteiger partial charge in [0, 0.05) is 9.89 Å². The molecular weight excluding hydrogens is 224 g/mol. The van der Waals surface area contributed by atoms with Crippen molar-refractivity contribution in [2.45, 2.75) is 25.7 Å². The van der Waals surface area contributed by atoms with E-state index in [-0.39, 0.29) is 5.41 Å². The fraction of sp³-hybridized carbons (Fsp3) is 0.333. The average molecular weight is 239 g/mol. The third-order valence-electron chi connectivity index (χ3n) is 2.67. The van der Waals surface area contributed by atoms with Crippen LogP contribution < -0.4 is 0 Å². The fourth-order valence-corrected chi connectivity index (χ4v) is 2.11. The lowest BCUT2D eigenvalue weighted by Gasteiger charge is -2.25. The summed E-state index contributed by atoms with van der Waals surface area (Å²) in [5, 5.41) is 0. The molecule has 0 N–H and O–H groups in total. The first-order valence-electron chi connectivity index (χ1n) is 4.52. The van der Waals surface area contributed by atoms with E-state index in [4.69, 9.17) is 0 Å². The van der Waals surface area contributed by atoms with Crippen LogP contribution in [0.1, 0.15) is 25.8 Å². The highest BCUT2D eigenvalue weighted by molar-refractivity contribution is 9.10. The van der Waals surface area contributed by atoms with Crippen LogP contribution in [-0.4, -0.2) is 0 Å². The van der Waals surface area contributed by atoms with Gasteiger partial charge in [0.25, 0.3) is 0 Å². The Balaban J connectivity index is 3.19. The summed E-state index contributed by atoms with van der Waals surface area (Å²) >= 11 is 3.57. The van der Waals surface area contributed by atoms with Crippen molar-refractivity contribution >= 4 is 15.9 Å². The van der Waals surface area contributed by atoms with Crippen LogP contribution in [0.25, 0.3) is 0 Å². The van der Waals surface area contributed by atoms with E-state index < -0.39 is 0 Å². The van der Waals surface area contributed by atoms with Crippen molar-refractivity contribution in [3.63, 3.8) is 0 Å². The van der Waals surface area contributed by atoms with E-state index in [1.54, 1.807) is 0 Å². The standard InChI is InChI=1S/C12H15Br/c1-4-12(3,5-2)10-8-6-7-9-11(10)13/h4,6-9H,1,5H2,2-3H3/t12-/m1/s1. The maximum Gasteiger partial charge on any atom is 0.0216 e. The zero-order valence-corrected chi connectivity index (χ0v) is 9.76. The number of allylic oxidation sites excluding steroid dienone is 1. The fourth-order valence-electron chi connectivity index (χ4n) is 1.37. The molecule has 0 aliphatic rings. The van der Waals surface area contributed by atoms with E-state index in [1.807, 2.05) is 12.1 Å². The second-order valence-corrected chi connectivity index (χ2v) is 4.31. The summed E-state index contributed by atoms with van der Waals surface area (Å²) in [4.78, 5) is 0. The summed E-state index contributed by atoms with van der Waals surface area (Å²) in [5.74, 6) is 0. The maximum atomic E-state index is 3.90. The number of hydrogen-bond donors (Lipinski definition) is 0. The number of hydrogen-bond acceptors (Lipinski definition) is 0. The normalized spacial score (nSPS) is 15.0. The molecule has 1 heteroatoms. The smallest absolute Gasteiger partial charge is 0.0216 e. The summed E-state index contributed by atoms with van der Waals surface area (Å²) in [6, 6.07) is 8.33. The van der Waals surface area contributed by atoms with E-state index >= 15 is 0 Å². The molecule has 13 heavy (non-hydrogen) atoms. The van der Waals surface area contributed by atoms with E-state index in [0.717, 1.165) is 6.42 Å². The van der Waals surface area contributed by atoms with Crippen molar-refractivity contribution < 1.29 is 0 Å². The molecule has 0 aliphatic carbocycles. The Morgan fingerprint density at radius 3 is 2.54 bits per heavy atom. The minimum absolute atomic E-state index is 0.0834. The summed E-state index contributed by atoms with van der Waals surface area (Å²) in [7, 11) is 0. The molecule has 70 valence electrons. The van der Waals surface area contributed by atoms with Gasteiger partial charge in [0.05, 0.1) is 0 Å². The monoisotopic (exact) mass is 238 g/mol. The van der Waals surface area contributed by atoms with E-state index in [2.05, 4.69) is 54.6 Å². The molecule has 1 rings (SSSR count). The first-order valence-corrected chi connectivity index (χ1v) is 5.32. The summed E-state index contributed by atoms with van der Waals surface area (Å²) in [6.07, 6.45) is 3.09. The van der Waals surface area contributed by atoms with Crippen LogP contribution in [0.2, 0.25) is 0 Å². The number of benzene rings is 1. The van der Waals surface area contributed by atoms with Crippen LogP contribution in [0.4, 0.5) is 0 Å². The van der Waals surface area contributed by atoms with Gasteiger partial charge in [-0.25, -0.2) is 0 Å². The molecule has 0 nitrogen and oxygen atoms in total. The Kier molecular flexibility index (Phi) is 3.32. The second-order valence-electron chi connectivity index (χ2n) is 3.45. The van der Waals surface area contributed by atoms with Gasteiger partial charge in [-0.2, -0.15) is 0 Å². The van der Waals surface area contributed by atoms with Crippen molar-refractivity contribution in [1.82, 2.24) is 0 Å². The SMILES string of the molecule is C=C[C@](C)(CC)c1ccccc1Br. The van der Waals surface area contributed by atoms with Crippen LogP contribution >= 0.6 is 15.9 Å². The van der Waals surface area contributed by atoms with Gasteiger partial charge in [-0.3, -0.25) is 0 Å². The van der Waals surface area contributed by atoms with Crippen LogP contribution in [0.15, 0.2) is 41.4 Å². The molecular formula is C12H15Br. The van der Waals surface area contributed by atoms with Crippen LogP contribution in [0, 0.1) is 0 Å². The van der Waals surface area contributed by atoms with Gasteiger partial charge in [0.2, 0.25) is 0 Å². The number of halogens is 1. The molecule has 0 amide bonds. The highest BCUT2D eigenvalue weighted by Crippen LogP contribution is 2.33. The van der Waals surface area contributed by atoms with Crippen molar-refractivity contribution in [3.05, 3.63) is 47.0 Å². The predicted octanol–water partition coefficient (Wildman–Crippen LogP) is 4.30. The zero-order chi connectivity index (χ0) is 9.90. The quantitative estimate of drug-likeness (QED) is 0.689. The first-order chi connectivity index (χ1) is 6.14. The molecule has 0 bridgehead atoms. The highest BCUT2D eigenvalue weighted by Gasteiger charge is 2.22. The van der Waals surface area contributed by atoms with Gasteiger partial charge < -0.3 is 0 Å². The maximum absolute atomic E-state index is 3.90. The van der Waals surface area contributed by atoms with Gasteiger partial charge in [-0.1, -0.05) is 54.1 Å². The molecule has 0 fully saturated rings. The topological polar surface area (TPSA) is 0 Å². The lowest BCUT2D eigenvalue weighted by Crippen LogP contribution is -2.17. The minimum atomic E-state index is 0.0834. The summed E-state index contributed by atoms with van der Waals surface area (Å²) < 4.78 is 1.17. The molecule has 0 radical (unpaired) electrons. The van der Waals surface area contributed by atoms with Crippen molar-refractivity contribution in [2.24, 2.45) is 0 Å². The lowest BCUT2D eigenvalue weighted by atomic mass is 9.80. The van der Waals surface area contributed by atoms with Crippen LogP contribution in [0.5, 0.6) is 0 Å². The first kappa shape index (κ1) is 10.5. The van der Waals surface area contributed by atoms with Gasteiger partial charge in [0.15, 0.2) is 0 Å². The summed E-state index contributed by atoms with van der Waals surface area (Å²) in [6.45, 7) is 8.29. The molecule has 1 aromatic carbocycles. The predicted molar refractivity (Wildman–Crippen MR) is 62.0 cm³/mol. The highest BCUT2D eigenvalue weighted by atomic mass is 79.9. The molecule has 0 unspecified atom stereocenters. The van der Waals surface area contributed by atoms with Crippen molar-refractivity contribution in [3.8, 4) is 0 Å². The molecule has 0 saturated heterocycles. The lowest BCUT2D eigenvalue weighted by molar-refractivity contribution is 0.571. The molecule has 0 aromatic heterocycles.